The first-order chi connectivity index (χ1) is 12.3. The van der Waals surface area contributed by atoms with E-state index in [1.165, 1.54) is 38.8 Å². The van der Waals surface area contributed by atoms with Gasteiger partial charge in [-0.25, -0.2) is 0 Å². The van der Waals surface area contributed by atoms with Crippen molar-refractivity contribution in [1.82, 2.24) is 15.1 Å². The van der Waals surface area contributed by atoms with E-state index >= 15 is 0 Å². The Labute approximate surface area is 148 Å². The number of nitrogens with one attached hydrogen (secondary N) is 2. The SMILES string of the molecule is O=C(Nc1ccccc1)c1ccc(NCCN2CCCCCC2)nn1. The van der Waals surface area contributed by atoms with Gasteiger partial charge in [0.1, 0.15) is 5.82 Å². The summed E-state index contributed by atoms with van der Waals surface area (Å²) in [5.41, 5.74) is 1.05. The summed E-state index contributed by atoms with van der Waals surface area (Å²) in [7, 11) is 0. The van der Waals surface area contributed by atoms with Crippen LogP contribution < -0.4 is 10.6 Å². The summed E-state index contributed by atoms with van der Waals surface area (Å²) in [6, 6.07) is 12.8. The molecule has 0 unspecified atom stereocenters. The van der Waals surface area contributed by atoms with Crippen LogP contribution in [-0.4, -0.2) is 47.2 Å². The van der Waals surface area contributed by atoms with Crippen LogP contribution in [-0.2, 0) is 0 Å². The van der Waals surface area contributed by atoms with E-state index in [4.69, 9.17) is 0 Å². The molecular formula is C19H25N5O. The van der Waals surface area contributed by atoms with Crippen molar-refractivity contribution in [3.63, 3.8) is 0 Å². The topological polar surface area (TPSA) is 70.2 Å². The molecule has 0 spiro atoms. The van der Waals surface area contributed by atoms with E-state index in [2.05, 4.69) is 25.7 Å². The van der Waals surface area contributed by atoms with E-state index < -0.39 is 0 Å². The van der Waals surface area contributed by atoms with Crippen molar-refractivity contribution in [2.45, 2.75) is 25.7 Å². The number of amides is 1. The molecule has 1 aromatic heterocycles. The summed E-state index contributed by atoms with van der Waals surface area (Å²) < 4.78 is 0. The summed E-state index contributed by atoms with van der Waals surface area (Å²) in [5, 5.41) is 14.2. The second-order valence-electron chi connectivity index (χ2n) is 6.31. The minimum absolute atomic E-state index is 0.255. The Balaban J connectivity index is 1.46. The smallest absolute Gasteiger partial charge is 0.276 e. The molecule has 1 aromatic carbocycles. The van der Waals surface area contributed by atoms with E-state index in [0.717, 1.165) is 18.8 Å². The maximum Gasteiger partial charge on any atom is 0.276 e. The van der Waals surface area contributed by atoms with Crippen molar-refractivity contribution >= 4 is 17.4 Å². The largest absolute Gasteiger partial charge is 0.367 e. The van der Waals surface area contributed by atoms with Gasteiger partial charge in [-0.15, -0.1) is 10.2 Å². The summed E-state index contributed by atoms with van der Waals surface area (Å²) >= 11 is 0. The molecule has 1 aliphatic heterocycles. The number of anilines is 2. The molecular weight excluding hydrogens is 314 g/mol. The van der Waals surface area contributed by atoms with Crippen molar-refractivity contribution in [2.24, 2.45) is 0 Å². The molecule has 0 saturated carbocycles. The first-order valence-electron chi connectivity index (χ1n) is 8.97. The van der Waals surface area contributed by atoms with Crippen LogP contribution in [0.1, 0.15) is 36.2 Å². The first-order valence-corrected chi connectivity index (χ1v) is 8.97. The highest BCUT2D eigenvalue weighted by atomic mass is 16.1. The van der Waals surface area contributed by atoms with E-state index in [9.17, 15) is 4.79 Å². The zero-order valence-electron chi connectivity index (χ0n) is 14.4. The Morgan fingerprint density at radius 3 is 2.40 bits per heavy atom. The monoisotopic (exact) mass is 339 g/mol. The number of rotatable bonds is 6. The van der Waals surface area contributed by atoms with Crippen molar-refractivity contribution in [3.8, 4) is 0 Å². The van der Waals surface area contributed by atoms with Gasteiger partial charge in [0, 0.05) is 18.8 Å². The first kappa shape index (κ1) is 17.4. The van der Waals surface area contributed by atoms with Gasteiger partial charge >= 0.3 is 0 Å². The van der Waals surface area contributed by atoms with Crippen LogP contribution in [0.4, 0.5) is 11.5 Å². The lowest BCUT2D eigenvalue weighted by Gasteiger charge is -2.19. The molecule has 2 N–H and O–H groups in total. The molecule has 0 radical (unpaired) electrons. The lowest BCUT2D eigenvalue weighted by Crippen LogP contribution is -2.30. The fraction of sp³-hybridized carbons (Fsp3) is 0.421. The van der Waals surface area contributed by atoms with Crippen LogP contribution in [0.2, 0.25) is 0 Å². The normalized spacial score (nSPS) is 15.4. The molecule has 25 heavy (non-hydrogen) atoms. The van der Waals surface area contributed by atoms with Gasteiger partial charge in [0.25, 0.3) is 5.91 Å². The van der Waals surface area contributed by atoms with Crippen molar-refractivity contribution in [3.05, 3.63) is 48.2 Å². The summed E-state index contributed by atoms with van der Waals surface area (Å²) in [4.78, 5) is 14.6. The summed E-state index contributed by atoms with van der Waals surface area (Å²) in [6.07, 6.45) is 5.29. The molecule has 6 heteroatoms. The second kappa shape index (κ2) is 9.13. The van der Waals surface area contributed by atoms with Crippen molar-refractivity contribution in [1.29, 1.82) is 0 Å². The van der Waals surface area contributed by atoms with E-state index in [1.807, 2.05) is 30.3 Å². The van der Waals surface area contributed by atoms with Gasteiger partial charge in [-0.1, -0.05) is 31.0 Å². The van der Waals surface area contributed by atoms with Gasteiger partial charge in [0.2, 0.25) is 0 Å². The molecule has 132 valence electrons. The minimum Gasteiger partial charge on any atom is -0.367 e. The molecule has 0 atom stereocenters. The van der Waals surface area contributed by atoms with Gasteiger partial charge in [-0.2, -0.15) is 0 Å². The van der Waals surface area contributed by atoms with Crippen molar-refractivity contribution < 1.29 is 4.79 Å². The average Bonchev–Trinajstić information content (AvgIpc) is 2.92. The molecule has 0 bridgehead atoms. The Hall–Kier alpha value is -2.47. The third-order valence-corrected chi connectivity index (χ3v) is 4.36. The highest BCUT2D eigenvalue weighted by Gasteiger charge is 2.10. The maximum atomic E-state index is 12.1. The van der Waals surface area contributed by atoms with Crippen LogP contribution in [0, 0.1) is 0 Å². The molecule has 0 aliphatic carbocycles. The van der Waals surface area contributed by atoms with Crippen LogP contribution in [0.3, 0.4) is 0 Å². The number of likely N-dealkylation sites (tertiary alicyclic amines) is 1. The molecule has 1 amide bonds. The summed E-state index contributed by atoms with van der Waals surface area (Å²) in [6.45, 7) is 4.22. The van der Waals surface area contributed by atoms with Gasteiger partial charge in [0.05, 0.1) is 0 Å². The highest BCUT2D eigenvalue weighted by molar-refractivity contribution is 6.02. The third kappa shape index (κ3) is 5.53. The second-order valence-corrected chi connectivity index (χ2v) is 6.31. The predicted octanol–water partition coefficient (Wildman–Crippen LogP) is 3.02. The van der Waals surface area contributed by atoms with E-state index in [1.54, 1.807) is 12.1 Å². The number of carbonyl (C=O) groups excluding carboxylic acids is 1. The Morgan fingerprint density at radius 1 is 0.960 bits per heavy atom. The van der Waals surface area contributed by atoms with E-state index in [-0.39, 0.29) is 5.91 Å². The zero-order valence-corrected chi connectivity index (χ0v) is 14.4. The lowest BCUT2D eigenvalue weighted by atomic mass is 10.2. The average molecular weight is 339 g/mol. The third-order valence-electron chi connectivity index (χ3n) is 4.36. The molecule has 3 rings (SSSR count). The van der Waals surface area contributed by atoms with Crippen LogP contribution in [0.5, 0.6) is 0 Å². The van der Waals surface area contributed by atoms with Crippen molar-refractivity contribution in [2.75, 3.05) is 36.8 Å². The molecule has 6 nitrogen and oxygen atoms in total. The van der Waals surface area contributed by atoms with Gasteiger partial charge < -0.3 is 15.5 Å². The van der Waals surface area contributed by atoms with Crippen LogP contribution >= 0.6 is 0 Å². The molecule has 1 aliphatic rings. The van der Waals surface area contributed by atoms with Crippen LogP contribution in [0.15, 0.2) is 42.5 Å². The van der Waals surface area contributed by atoms with Gasteiger partial charge in [-0.05, 0) is 50.2 Å². The standard InChI is InChI=1S/C19H25N5O/c25-19(21-16-8-4-3-5-9-16)17-10-11-18(23-22-17)20-12-15-24-13-6-1-2-7-14-24/h3-5,8-11H,1-2,6-7,12-15H2,(H,20,23)(H,21,25). The number of nitrogens with zero attached hydrogens (tertiary/aromatic N) is 3. The number of hydrogen-bond donors (Lipinski definition) is 2. The Kier molecular flexibility index (Phi) is 6.34. The summed E-state index contributed by atoms with van der Waals surface area (Å²) in [5.74, 6) is 0.445. The lowest BCUT2D eigenvalue weighted by molar-refractivity contribution is 0.102. The number of carbonyl (C=O) groups is 1. The fourth-order valence-electron chi connectivity index (χ4n) is 2.97. The molecule has 2 aromatic rings. The molecule has 2 heterocycles. The Morgan fingerprint density at radius 2 is 1.72 bits per heavy atom. The number of hydrogen-bond acceptors (Lipinski definition) is 5. The van der Waals surface area contributed by atoms with Crippen LogP contribution in [0.25, 0.3) is 0 Å². The quantitative estimate of drug-likeness (QED) is 0.846. The molecule has 1 fully saturated rings. The molecule has 1 saturated heterocycles. The maximum absolute atomic E-state index is 12.1. The number of benzene rings is 1. The number of para-hydroxylation sites is 1. The van der Waals surface area contributed by atoms with Gasteiger partial charge in [0.15, 0.2) is 5.69 Å². The fourth-order valence-corrected chi connectivity index (χ4v) is 2.97. The Bertz CT molecular complexity index is 651. The zero-order chi connectivity index (χ0) is 17.3. The highest BCUT2D eigenvalue weighted by Crippen LogP contribution is 2.10. The number of aromatic nitrogens is 2. The predicted molar refractivity (Wildman–Crippen MR) is 99.8 cm³/mol. The van der Waals surface area contributed by atoms with Gasteiger partial charge in [-0.3, -0.25) is 4.79 Å². The minimum atomic E-state index is -0.255. The van der Waals surface area contributed by atoms with E-state index in [0.29, 0.717) is 11.5 Å².